The summed E-state index contributed by atoms with van der Waals surface area (Å²) in [6.07, 6.45) is 12.7. The molecule has 55 heavy (non-hydrogen) atoms. The van der Waals surface area contributed by atoms with Crippen LogP contribution in [0.3, 0.4) is 0 Å². The summed E-state index contributed by atoms with van der Waals surface area (Å²) in [6.45, 7) is 13.8. The van der Waals surface area contributed by atoms with Gasteiger partial charge in [0.2, 0.25) is 5.91 Å². The third-order valence-electron chi connectivity index (χ3n) is 8.50. The van der Waals surface area contributed by atoms with Crippen LogP contribution in [-0.4, -0.2) is 71.3 Å². The number of ketones is 1. The lowest BCUT2D eigenvalue weighted by molar-refractivity contribution is -0.190. The number of methoxy groups -OCH3 is 1. The lowest BCUT2D eigenvalue weighted by atomic mass is 9.82. The number of benzene rings is 1. The van der Waals surface area contributed by atoms with Crippen LogP contribution in [0.4, 0.5) is 0 Å². The van der Waals surface area contributed by atoms with Gasteiger partial charge in [0.15, 0.2) is 5.60 Å². The topological polar surface area (TPSA) is 155 Å². The van der Waals surface area contributed by atoms with Gasteiger partial charge in [0.05, 0.1) is 19.4 Å². The molecule has 0 heterocycles. The Kier molecular flexibility index (Phi) is 22.3. The first kappa shape index (κ1) is 48.8. The van der Waals surface area contributed by atoms with Crippen LogP contribution >= 0.6 is 0 Å². The molecule has 0 aliphatic heterocycles. The van der Waals surface area contributed by atoms with Gasteiger partial charge in [0.1, 0.15) is 35.4 Å². The van der Waals surface area contributed by atoms with Gasteiger partial charge in [-0.1, -0.05) is 75.7 Å². The van der Waals surface area contributed by atoms with E-state index in [4.69, 9.17) is 18.9 Å². The van der Waals surface area contributed by atoms with Crippen LogP contribution in [-0.2, 0) is 44.6 Å². The highest BCUT2D eigenvalue weighted by molar-refractivity contribution is 5.96. The molecule has 1 amide bonds. The summed E-state index contributed by atoms with van der Waals surface area (Å²) < 4.78 is 21.6. The van der Waals surface area contributed by atoms with Crippen molar-refractivity contribution < 1.29 is 48.0 Å². The van der Waals surface area contributed by atoms with Gasteiger partial charge < -0.3 is 29.4 Å². The highest BCUT2D eigenvalue weighted by Crippen LogP contribution is 2.30. The number of carbonyl (C=O) groups is 5. The van der Waals surface area contributed by atoms with Crippen molar-refractivity contribution in [3.8, 4) is 17.6 Å². The first-order valence-electron chi connectivity index (χ1n) is 19.7. The zero-order chi connectivity index (χ0) is 41.5. The zero-order valence-corrected chi connectivity index (χ0v) is 34.8. The Bertz CT molecular complexity index is 1440. The third kappa shape index (κ3) is 20.9. The molecule has 11 nitrogen and oxygen atoms in total. The highest BCUT2D eigenvalue weighted by Gasteiger charge is 2.52. The van der Waals surface area contributed by atoms with E-state index in [1.54, 1.807) is 78.8 Å². The quantitative estimate of drug-likeness (QED) is 0.0335. The molecule has 0 saturated heterocycles. The molecule has 0 radical (unpaired) electrons. The monoisotopic (exact) mass is 769 g/mol. The van der Waals surface area contributed by atoms with Crippen LogP contribution in [0.1, 0.15) is 144 Å². The Hall–Kier alpha value is -4.17. The molecular weight excluding hydrogens is 702 g/mol. The van der Waals surface area contributed by atoms with E-state index in [2.05, 4.69) is 24.1 Å². The summed E-state index contributed by atoms with van der Waals surface area (Å²) in [5, 5.41) is 14.8. The predicted octanol–water partition coefficient (Wildman–Crippen LogP) is 7.54. The van der Waals surface area contributed by atoms with E-state index >= 15 is 0 Å². The summed E-state index contributed by atoms with van der Waals surface area (Å²) in [6, 6.07) is 5.68. The molecule has 2 N–H and O–H groups in total. The fraction of sp³-hybridized carbons (Fsp3) is 0.659. The maximum Gasteiger partial charge on any atom is 0.340 e. The fourth-order valence-electron chi connectivity index (χ4n) is 5.70. The number of Topliss-reactive ketones (excluding diaryl/α,β-unsaturated/α-hetero) is 1. The Morgan fingerprint density at radius 3 is 1.96 bits per heavy atom. The van der Waals surface area contributed by atoms with Crippen LogP contribution in [0.2, 0.25) is 0 Å². The van der Waals surface area contributed by atoms with Crippen molar-refractivity contribution in [1.29, 1.82) is 0 Å². The predicted molar refractivity (Wildman–Crippen MR) is 213 cm³/mol. The Labute approximate surface area is 329 Å². The van der Waals surface area contributed by atoms with Crippen molar-refractivity contribution in [2.75, 3.05) is 13.7 Å². The number of carbonyl (C=O) groups excluding carboxylic acids is 5. The van der Waals surface area contributed by atoms with Crippen molar-refractivity contribution in [2.24, 2.45) is 5.92 Å². The molecule has 11 heteroatoms. The molecule has 0 unspecified atom stereocenters. The average molecular weight is 770 g/mol. The molecule has 1 aromatic rings. The van der Waals surface area contributed by atoms with Crippen molar-refractivity contribution in [2.45, 2.75) is 168 Å². The molecule has 0 saturated carbocycles. The number of hydrogen-bond donors (Lipinski definition) is 2. The van der Waals surface area contributed by atoms with Crippen molar-refractivity contribution in [1.82, 2.24) is 5.32 Å². The standard InChI is InChI=1S/C44H67NO10/c1-10-12-14-17-20-23-34(46)24-21-18-15-16-19-22-25-36(44(51,41(50)55-43(6,7)8)32-38(47)54-42(3,4)5)39(48)45-37(40(49)52-9)31-33-26-28-35(29-27-33)53-30-13-11-2/h22,25-29,36-37,51H,10,12,14-21,23-24,30-32H2,1-9H3,(H,45,48)/t36-,37+,44+/m1/s1. The second kappa shape index (κ2) is 25.1. The maximum atomic E-state index is 14.2. The molecule has 0 aliphatic carbocycles. The van der Waals surface area contributed by atoms with Crippen LogP contribution in [0.5, 0.6) is 5.75 Å². The molecule has 0 aliphatic rings. The van der Waals surface area contributed by atoms with Gasteiger partial charge in [0, 0.05) is 19.3 Å². The van der Waals surface area contributed by atoms with Gasteiger partial charge >= 0.3 is 17.9 Å². The number of rotatable bonds is 25. The zero-order valence-electron chi connectivity index (χ0n) is 34.8. The number of amides is 1. The largest absolute Gasteiger partial charge is 0.481 e. The van der Waals surface area contributed by atoms with E-state index in [9.17, 15) is 29.1 Å². The first-order chi connectivity index (χ1) is 25.8. The van der Waals surface area contributed by atoms with E-state index in [0.29, 0.717) is 36.4 Å². The smallest absolute Gasteiger partial charge is 0.340 e. The van der Waals surface area contributed by atoms with Gasteiger partial charge in [-0.2, -0.15) is 0 Å². The van der Waals surface area contributed by atoms with Crippen LogP contribution < -0.4 is 10.1 Å². The minimum absolute atomic E-state index is 0.0161. The highest BCUT2D eigenvalue weighted by atomic mass is 16.6. The SMILES string of the molecule is CC#CCOc1ccc(C[C@H](NC(=O)[C@@H](C=CCCCCCCC(=O)CCCCCCC)[C@@](O)(CC(=O)OC(C)(C)C)C(=O)OC(C)(C)C)C(=O)OC)cc1. The fourth-order valence-corrected chi connectivity index (χ4v) is 5.70. The second-order valence-electron chi connectivity index (χ2n) is 15.9. The van der Waals surface area contributed by atoms with E-state index in [1.807, 2.05) is 0 Å². The Balaban J connectivity index is 3.28. The molecule has 0 bridgehead atoms. The third-order valence-corrected chi connectivity index (χ3v) is 8.50. The van der Waals surface area contributed by atoms with Crippen molar-refractivity contribution >= 4 is 29.6 Å². The van der Waals surface area contributed by atoms with E-state index in [1.165, 1.54) is 32.4 Å². The second-order valence-corrected chi connectivity index (χ2v) is 15.9. The molecule has 0 fully saturated rings. The minimum atomic E-state index is -2.70. The molecule has 0 spiro atoms. The molecule has 1 aromatic carbocycles. The Morgan fingerprint density at radius 2 is 1.42 bits per heavy atom. The average Bonchev–Trinajstić information content (AvgIpc) is 3.09. The summed E-state index contributed by atoms with van der Waals surface area (Å²) in [4.78, 5) is 66.4. The Morgan fingerprint density at radius 1 is 0.836 bits per heavy atom. The maximum absolute atomic E-state index is 14.2. The molecule has 1 rings (SSSR count). The lowest BCUT2D eigenvalue weighted by Crippen LogP contribution is -2.57. The molecule has 308 valence electrons. The van der Waals surface area contributed by atoms with Gasteiger partial charge in [-0.25, -0.2) is 9.59 Å². The number of aliphatic hydroxyl groups is 1. The van der Waals surface area contributed by atoms with Crippen molar-refractivity contribution in [3.05, 3.63) is 42.0 Å². The number of nitrogens with one attached hydrogen (secondary N) is 1. The number of hydrogen-bond acceptors (Lipinski definition) is 10. The normalized spacial score (nSPS) is 13.8. The van der Waals surface area contributed by atoms with Crippen molar-refractivity contribution in [3.63, 3.8) is 0 Å². The van der Waals surface area contributed by atoms with E-state index in [-0.39, 0.29) is 13.0 Å². The summed E-state index contributed by atoms with van der Waals surface area (Å²) >= 11 is 0. The lowest BCUT2D eigenvalue weighted by Gasteiger charge is -2.35. The number of esters is 3. The van der Waals surface area contributed by atoms with Gasteiger partial charge in [-0.05, 0) is 91.8 Å². The van der Waals surface area contributed by atoms with E-state index in [0.717, 1.165) is 38.5 Å². The van der Waals surface area contributed by atoms with Crippen LogP contribution in [0, 0.1) is 17.8 Å². The minimum Gasteiger partial charge on any atom is -0.481 e. The summed E-state index contributed by atoms with van der Waals surface area (Å²) in [7, 11) is 1.19. The molecule has 0 aromatic heterocycles. The number of allylic oxidation sites excluding steroid dienone is 1. The van der Waals surface area contributed by atoms with E-state index < -0.39 is 59.0 Å². The van der Waals surface area contributed by atoms with Gasteiger partial charge in [0.25, 0.3) is 0 Å². The summed E-state index contributed by atoms with van der Waals surface area (Å²) in [5.41, 5.74) is -4.05. The first-order valence-corrected chi connectivity index (χ1v) is 19.7. The van der Waals surface area contributed by atoms with Gasteiger partial charge in [-0.3, -0.25) is 14.4 Å². The van der Waals surface area contributed by atoms with Crippen LogP contribution in [0.15, 0.2) is 36.4 Å². The number of ether oxygens (including phenoxy) is 4. The number of unbranched alkanes of at least 4 members (excludes halogenated alkanes) is 8. The summed E-state index contributed by atoms with van der Waals surface area (Å²) in [5.74, 6) is 1.02. The molecule has 3 atom stereocenters. The van der Waals surface area contributed by atoms with Crippen LogP contribution in [0.25, 0.3) is 0 Å². The van der Waals surface area contributed by atoms with Gasteiger partial charge in [-0.15, -0.1) is 5.92 Å². The molecular formula is C44H67NO10.